The molecule has 0 aliphatic carbocycles. The molecule has 2 nitrogen and oxygen atoms in total. The van der Waals surface area contributed by atoms with E-state index < -0.39 is 16.6 Å². The summed E-state index contributed by atoms with van der Waals surface area (Å²) in [5.74, 6) is 2.19. The fraction of sp³-hybridized carbons (Fsp3) is 0.586. The maximum absolute atomic E-state index is 6.57. The number of benzene rings is 2. The zero-order valence-corrected chi connectivity index (χ0v) is 25.8. The number of hydrogen-bond donors (Lipinski definition) is 0. The van der Waals surface area contributed by atoms with Crippen LogP contribution < -0.4 is 8.85 Å². The van der Waals surface area contributed by atoms with Gasteiger partial charge in [0.25, 0.3) is 0 Å². The summed E-state index contributed by atoms with van der Waals surface area (Å²) in [5, 5.41) is 0. The van der Waals surface area contributed by atoms with Crippen molar-refractivity contribution in [3.63, 3.8) is 0 Å². The van der Waals surface area contributed by atoms with Crippen molar-refractivity contribution in [3.8, 4) is 11.5 Å². The Morgan fingerprint density at radius 3 is 1.12 bits per heavy atom. The molecule has 0 aliphatic rings. The van der Waals surface area contributed by atoms with Crippen LogP contribution in [0.5, 0.6) is 11.5 Å². The highest BCUT2D eigenvalue weighted by Gasteiger charge is 2.28. The Labute approximate surface area is 206 Å². The van der Waals surface area contributed by atoms with Crippen molar-refractivity contribution in [2.24, 2.45) is 0 Å². The minimum absolute atomic E-state index is 0.0251. The largest absolute Gasteiger partial charge is 0.544 e. The number of hydrogen-bond acceptors (Lipinski definition) is 2. The molecular weight excluding hydrogens is 436 g/mol. The van der Waals surface area contributed by atoms with Gasteiger partial charge in [-0.25, -0.2) is 0 Å². The first-order valence-corrected chi connectivity index (χ1v) is 19.1. The van der Waals surface area contributed by atoms with Crippen LogP contribution in [-0.2, 0) is 17.3 Å². The molecule has 2 aromatic rings. The minimum Gasteiger partial charge on any atom is -0.544 e. The Kier molecular flexibility index (Phi) is 7.78. The molecular formula is C29H48O2Si2. The SMILES string of the molecule is Cc1cc(Cc2cc(C)c(O[Si](C)(C)C)c(C(C)(C)C)c2)cc(C(C)(C)C)c1O[Si](C)(C)C. The summed E-state index contributed by atoms with van der Waals surface area (Å²) in [6.07, 6.45) is 0.911. The normalized spacial score (nSPS) is 13.3. The fourth-order valence-corrected chi connectivity index (χ4v) is 5.90. The third kappa shape index (κ3) is 7.75. The van der Waals surface area contributed by atoms with E-state index in [1.54, 1.807) is 0 Å². The van der Waals surface area contributed by atoms with Gasteiger partial charge < -0.3 is 8.85 Å². The predicted octanol–water partition coefficient (Wildman–Crippen LogP) is 8.92. The lowest BCUT2D eigenvalue weighted by atomic mass is 9.82. The third-order valence-electron chi connectivity index (χ3n) is 5.51. The Morgan fingerprint density at radius 1 is 0.576 bits per heavy atom. The van der Waals surface area contributed by atoms with Crippen LogP contribution in [0.4, 0.5) is 0 Å². The standard InChI is InChI=1S/C29H48O2Si2/c1-20-15-22(18-24(28(3,4)5)26(20)30-32(9,10)11)17-23-16-21(2)27(31-33(12,13)14)25(19-23)29(6,7)8/h15-16,18-19H,17H2,1-14H3. The number of rotatable bonds is 6. The lowest BCUT2D eigenvalue weighted by molar-refractivity contribution is 0.504. The van der Waals surface area contributed by atoms with Crippen molar-refractivity contribution < 1.29 is 8.85 Å². The summed E-state index contributed by atoms with van der Waals surface area (Å²) in [5.41, 5.74) is 7.85. The van der Waals surface area contributed by atoms with Gasteiger partial charge in [0, 0.05) is 0 Å². The van der Waals surface area contributed by atoms with E-state index in [4.69, 9.17) is 8.85 Å². The van der Waals surface area contributed by atoms with E-state index in [9.17, 15) is 0 Å². The van der Waals surface area contributed by atoms with Gasteiger partial charge in [0.15, 0.2) is 0 Å². The molecule has 4 heteroatoms. The van der Waals surface area contributed by atoms with Gasteiger partial charge in [0.05, 0.1) is 0 Å². The van der Waals surface area contributed by atoms with Gasteiger partial charge in [0.2, 0.25) is 16.6 Å². The quantitative estimate of drug-likeness (QED) is 0.381. The zero-order valence-electron chi connectivity index (χ0n) is 23.8. The molecule has 0 saturated heterocycles. The summed E-state index contributed by atoms with van der Waals surface area (Å²) in [6.45, 7) is 31.7. The topological polar surface area (TPSA) is 18.5 Å². The van der Waals surface area contributed by atoms with Gasteiger partial charge in [-0.2, -0.15) is 0 Å². The van der Waals surface area contributed by atoms with E-state index in [0.29, 0.717) is 0 Å². The van der Waals surface area contributed by atoms with Crippen molar-refractivity contribution in [2.75, 3.05) is 0 Å². The molecule has 0 fully saturated rings. The van der Waals surface area contributed by atoms with Crippen LogP contribution in [0, 0.1) is 13.8 Å². The van der Waals surface area contributed by atoms with Crippen molar-refractivity contribution in [2.45, 2.75) is 112 Å². The van der Waals surface area contributed by atoms with Gasteiger partial charge in [-0.15, -0.1) is 0 Å². The molecule has 0 bridgehead atoms. The monoisotopic (exact) mass is 484 g/mol. The van der Waals surface area contributed by atoms with E-state index in [1.807, 2.05) is 0 Å². The van der Waals surface area contributed by atoms with Crippen LogP contribution >= 0.6 is 0 Å². The molecule has 0 atom stereocenters. The molecule has 0 aliphatic heterocycles. The van der Waals surface area contributed by atoms with Crippen LogP contribution in [-0.4, -0.2) is 16.6 Å². The van der Waals surface area contributed by atoms with Gasteiger partial charge in [-0.1, -0.05) is 65.8 Å². The van der Waals surface area contributed by atoms with Crippen LogP contribution in [0.25, 0.3) is 0 Å². The second-order valence-electron chi connectivity index (χ2n) is 13.7. The van der Waals surface area contributed by atoms with Gasteiger partial charge in [0.1, 0.15) is 11.5 Å². The molecule has 0 amide bonds. The highest BCUT2D eigenvalue weighted by molar-refractivity contribution is 6.70. The zero-order chi connectivity index (χ0) is 25.6. The van der Waals surface area contributed by atoms with Crippen LogP contribution in [0.2, 0.25) is 39.3 Å². The summed E-state index contributed by atoms with van der Waals surface area (Å²) in [7, 11) is -3.41. The molecule has 0 spiro atoms. The Balaban J connectivity index is 2.59. The lowest BCUT2D eigenvalue weighted by Crippen LogP contribution is -2.31. The molecule has 2 rings (SSSR count). The van der Waals surface area contributed by atoms with E-state index in [-0.39, 0.29) is 10.8 Å². The smallest absolute Gasteiger partial charge is 0.242 e. The van der Waals surface area contributed by atoms with Crippen LogP contribution in [0.3, 0.4) is 0 Å². The highest BCUT2D eigenvalue weighted by atomic mass is 28.4. The molecule has 0 radical (unpaired) electrons. The van der Waals surface area contributed by atoms with E-state index in [0.717, 1.165) is 17.9 Å². The second-order valence-corrected chi connectivity index (χ2v) is 22.5. The van der Waals surface area contributed by atoms with Gasteiger partial charge in [-0.05, 0) is 104 Å². The van der Waals surface area contributed by atoms with E-state index in [1.165, 1.54) is 33.4 Å². The van der Waals surface area contributed by atoms with Crippen LogP contribution in [0.15, 0.2) is 24.3 Å². The first-order chi connectivity index (χ1) is 14.7. The molecule has 0 N–H and O–H groups in total. The van der Waals surface area contributed by atoms with Gasteiger partial charge >= 0.3 is 0 Å². The summed E-state index contributed by atoms with van der Waals surface area (Å²) >= 11 is 0. The highest BCUT2D eigenvalue weighted by Crippen LogP contribution is 2.39. The summed E-state index contributed by atoms with van der Waals surface area (Å²) in [6, 6.07) is 9.40. The van der Waals surface area contributed by atoms with Crippen molar-refractivity contribution in [1.82, 2.24) is 0 Å². The maximum atomic E-state index is 6.57. The van der Waals surface area contributed by atoms with Crippen LogP contribution in [0.1, 0.15) is 74.9 Å². The molecule has 0 saturated carbocycles. The fourth-order valence-electron chi connectivity index (χ4n) is 4.13. The molecule has 0 heterocycles. The lowest BCUT2D eigenvalue weighted by Gasteiger charge is -2.30. The Bertz CT molecular complexity index is 913. The summed E-state index contributed by atoms with van der Waals surface area (Å²) in [4.78, 5) is 0. The van der Waals surface area contributed by atoms with E-state index in [2.05, 4.69) is 119 Å². The molecule has 33 heavy (non-hydrogen) atoms. The second kappa shape index (κ2) is 9.26. The van der Waals surface area contributed by atoms with Crippen molar-refractivity contribution in [3.05, 3.63) is 57.6 Å². The van der Waals surface area contributed by atoms with Gasteiger partial charge in [-0.3, -0.25) is 0 Å². The Morgan fingerprint density at radius 2 is 0.879 bits per heavy atom. The first-order valence-electron chi connectivity index (χ1n) is 12.3. The minimum atomic E-state index is -1.70. The summed E-state index contributed by atoms with van der Waals surface area (Å²) < 4.78 is 13.1. The molecule has 184 valence electrons. The number of aryl methyl sites for hydroxylation is 2. The van der Waals surface area contributed by atoms with E-state index >= 15 is 0 Å². The average Bonchev–Trinajstić information content (AvgIpc) is 2.55. The first kappa shape index (κ1) is 27.7. The predicted molar refractivity (Wildman–Crippen MR) is 151 cm³/mol. The average molecular weight is 485 g/mol. The van der Waals surface area contributed by atoms with Crippen molar-refractivity contribution in [1.29, 1.82) is 0 Å². The van der Waals surface area contributed by atoms with Crippen molar-refractivity contribution >= 4 is 16.6 Å². The molecule has 2 aromatic carbocycles. The third-order valence-corrected chi connectivity index (χ3v) is 7.14. The Hall–Kier alpha value is -1.53. The molecule has 0 aromatic heterocycles. The molecule has 0 unspecified atom stereocenters. The maximum Gasteiger partial charge on any atom is 0.242 e.